The summed E-state index contributed by atoms with van der Waals surface area (Å²) in [6.07, 6.45) is 5.99. The van der Waals surface area contributed by atoms with Crippen LogP contribution in [0.4, 0.5) is 0 Å². The lowest BCUT2D eigenvalue weighted by molar-refractivity contribution is 0.996. The third-order valence-electron chi connectivity index (χ3n) is 2.85. The van der Waals surface area contributed by atoms with Crippen LogP contribution in [0.15, 0.2) is 36.7 Å². The average Bonchev–Trinajstić information content (AvgIpc) is 2.46. The topological polar surface area (TPSA) is 49.6 Å². The van der Waals surface area contributed by atoms with Gasteiger partial charge in [0.1, 0.15) is 0 Å². The van der Waals surface area contributed by atoms with E-state index in [0.29, 0.717) is 6.42 Å². The molecule has 2 rings (SSSR count). The van der Waals surface area contributed by atoms with Gasteiger partial charge >= 0.3 is 0 Å². The van der Waals surface area contributed by atoms with Gasteiger partial charge in [0, 0.05) is 18.8 Å². The van der Waals surface area contributed by atoms with Gasteiger partial charge in [-0.25, -0.2) is 0 Å². The molecule has 0 N–H and O–H groups in total. The third-order valence-corrected chi connectivity index (χ3v) is 2.85. The molecule has 3 nitrogen and oxygen atoms in total. The molecule has 18 heavy (non-hydrogen) atoms. The van der Waals surface area contributed by atoms with Crippen LogP contribution in [-0.2, 0) is 12.8 Å². The highest BCUT2D eigenvalue weighted by molar-refractivity contribution is 5.54. The van der Waals surface area contributed by atoms with Crippen LogP contribution in [0, 0.1) is 11.3 Å². The number of nitrogens with zero attached hydrogens (tertiary/aromatic N) is 3. The number of hydrogen-bond acceptors (Lipinski definition) is 3. The van der Waals surface area contributed by atoms with E-state index in [0.717, 1.165) is 29.8 Å². The van der Waals surface area contributed by atoms with Crippen LogP contribution in [0.1, 0.15) is 24.5 Å². The molecular weight excluding hydrogens is 222 g/mol. The Balaban J connectivity index is 2.15. The summed E-state index contributed by atoms with van der Waals surface area (Å²) in [7, 11) is 0. The fourth-order valence-corrected chi connectivity index (χ4v) is 1.71. The lowest BCUT2D eigenvalue weighted by Gasteiger charge is -2.02. The molecule has 2 aromatic rings. The molecule has 0 bridgehead atoms. The van der Waals surface area contributed by atoms with E-state index >= 15 is 0 Å². The highest BCUT2D eigenvalue weighted by Gasteiger charge is 2.01. The van der Waals surface area contributed by atoms with Gasteiger partial charge in [-0.15, -0.1) is 0 Å². The van der Waals surface area contributed by atoms with Gasteiger partial charge < -0.3 is 0 Å². The molecule has 0 unspecified atom stereocenters. The Morgan fingerprint density at radius 1 is 1.00 bits per heavy atom. The molecule has 0 saturated heterocycles. The zero-order chi connectivity index (χ0) is 12.8. The van der Waals surface area contributed by atoms with Crippen molar-refractivity contribution in [2.24, 2.45) is 0 Å². The van der Waals surface area contributed by atoms with Gasteiger partial charge in [0.25, 0.3) is 0 Å². The second-order valence-electron chi connectivity index (χ2n) is 4.12. The molecule has 0 aliphatic heterocycles. The number of hydrogen-bond donors (Lipinski definition) is 0. The molecule has 0 atom stereocenters. The molecule has 0 spiro atoms. The van der Waals surface area contributed by atoms with Gasteiger partial charge in [-0.1, -0.05) is 19.1 Å². The lowest BCUT2D eigenvalue weighted by atomic mass is 10.1. The van der Waals surface area contributed by atoms with Gasteiger partial charge in [-0.3, -0.25) is 9.97 Å². The first kappa shape index (κ1) is 12.3. The third kappa shape index (κ3) is 2.92. The summed E-state index contributed by atoms with van der Waals surface area (Å²) in [6.45, 7) is 2.11. The molecule has 2 aromatic heterocycles. The van der Waals surface area contributed by atoms with E-state index in [1.807, 2.05) is 30.6 Å². The molecule has 0 saturated carbocycles. The zero-order valence-corrected chi connectivity index (χ0v) is 10.4. The van der Waals surface area contributed by atoms with Crippen LogP contribution >= 0.6 is 0 Å². The van der Waals surface area contributed by atoms with Gasteiger partial charge in [0.05, 0.1) is 17.5 Å². The number of aromatic nitrogens is 2. The highest BCUT2D eigenvalue weighted by atomic mass is 14.8. The van der Waals surface area contributed by atoms with Crippen LogP contribution in [-0.4, -0.2) is 9.97 Å². The molecule has 0 aliphatic carbocycles. The van der Waals surface area contributed by atoms with Crippen molar-refractivity contribution in [3.63, 3.8) is 0 Å². The Kier molecular flexibility index (Phi) is 4.03. The Labute approximate surface area is 107 Å². The summed E-state index contributed by atoms with van der Waals surface area (Å²) in [5, 5.41) is 8.53. The van der Waals surface area contributed by atoms with E-state index < -0.39 is 0 Å². The van der Waals surface area contributed by atoms with E-state index in [1.165, 1.54) is 5.56 Å². The molecule has 3 heteroatoms. The smallest absolute Gasteiger partial charge is 0.0886 e. The van der Waals surface area contributed by atoms with Gasteiger partial charge in [0.15, 0.2) is 0 Å². The minimum absolute atomic E-state index is 0.532. The summed E-state index contributed by atoms with van der Waals surface area (Å²) >= 11 is 0. The van der Waals surface area contributed by atoms with Crippen molar-refractivity contribution in [3.05, 3.63) is 47.8 Å². The van der Waals surface area contributed by atoms with Gasteiger partial charge in [-0.05, 0) is 36.1 Å². The molecule has 2 heterocycles. The molecule has 0 aliphatic rings. The summed E-state index contributed by atoms with van der Waals surface area (Å²) in [5.41, 5.74) is 4.08. The van der Waals surface area contributed by atoms with Crippen LogP contribution in [0.3, 0.4) is 0 Å². The van der Waals surface area contributed by atoms with Crippen molar-refractivity contribution >= 4 is 0 Å². The van der Waals surface area contributed by atoms with E-state index in [-0.39, 0.29) is 0 Å². The summed E-state index contributed by atoms with van der Waals surface area (Å²) in [4.78, 5) is 8.78. The number of aryl methyl sites for hydroxylation is 2. The van der Waals surface area contributed by atoms with E-state index in [2.05, 4.69) is 29.0 Å². The van der Waals surface area contributed by atoms with Crippen molar-refractivity contribution in [2.45, 2.75) is 26.2 Å². The van der Waals surface area contributed by atoms with Crippen LogP contribution in [0.2, 0.25) is 0 Å². The first-order valence-corrected chi connectivity index (χ1v) is 6.10. The SMILES string of the molecule is CCc1ccc(-c2ccc(CCC#N)cn2)nc1. The summed E-state index contributed by atoms with van der Waals surface area (Å²) in [5.74, 6) is 0. The number of pyridine rings is 2. The van der Waals surface area contributed by atoms with Crippen molar-refractivity contribution in [1.82, 2.24) is 9.97 Å². The van der Waals surface area contributed by atoms with Crippen molar-refractivity contribution < 1.29 is 0 Å². The van der Waals surface area contributed by atoms with Crippen molar-refractivity contribution in [3.8, 4) is 17.5 Å². The maximum absolute atomic E-state index is 8.53. The Bertz CT molecular complexity index is 535. The largest absolute Gasteiger partial charge is 0.254 e. The molecular formula is C15H15N3. The first-order chi connectivity index (χ1) is 8.83. The molecule has 0 fully saturated rings. The standard InChI is InChI=1S/C15H15N3/c1-2-12-5-7-14(17-10-12)15-8-6-13(11-18-15)4-3-9-16/h5-8,10-11H,2-4H2,1H3. The minimum Gasteiger partial charge on any atom is -0.254 e. The Morgan fingerprint density at radius 2 is 1.61 bits per heavy atom. The summed E-state index contributed by atoms with van der Waals surface area (Å²) in [6, 6.07) is 10.2. The minimum atomic E-state index is 0.532. The van der Waals surface area contributed by atoms with Gasteiger partial charge in [0.2, 0.25) is 0 Å². The fraction of sp³-hybridized carbons (Fsp3) is 0.267. The quantitative estimate of drug-likeness (QED) is 0.820. The maximum atomic E-state index is 8.53. The predicted molar refractivity (Wildman–Crippen MR) is 70.8 cm³/mol. The highest BCUT2D eigenvalue weighted by Crippen LogP contribution is 2.15. The van der Waals surface area contributed by atoms with Crippen molar-refractivity contribution in [2.75, 3.05) is 0 Å². The summed E-state index contributed by atoms with van der Waals surface area (Å²) < 4.78 is 0. The van der Waals surface area contributed by atoms with Crippen molar-refractivity contribution in [1.29, 1.82) is 5.26 Å². The van der Waals surface area contributed by atoms with E-state index in [9.17, 15) is 0 Å². The van der Waals surface area contributed by atoms with Gasteiger partial charge in [-0.2, -0.15) is 5.26 Å². The predicted octanol–water partition coefficient (Wildman–Crippen LogP) is 3.16. The lowest BCUT2D eigenvalue weighted by Crippen LogP contribution is -1.91. The molecule has 90 valence electrons. The van der Waals surface area contributed by atoms with Crippen LogP contribution < -0.4 is 0 Å². The van der Waals surface area contributed by atoms with E-state index in [1.54, 1.807) is 0 Å². The monoisotopic (exact) mass is 237 g/mol. The fourth-order valence-electron chi connectivity index (χ4n) is 1.71. The average molecular weight is 237 g/mol. The second kappa shape index (κ2) is 5.92. The van der Waals surface area contributed by atoms with E-state index in [4.69, 9.17) is 5.26 Å². The second-order valence-corrected chi connectivity index (χ2v) is 4.12. The maximum Gasteiger partial charge on any atom is 0.0886 e. The van der Waals surface area contributed by atoms with Crippen LogP contribution in [0.25, 0.3) is 11.4 Å². The number of rotatable bonds is 4. The zero-order valence-electron chi connectivity index (χ0n) is 10.4. The molecule has 0 aromatic carbocycles. The number of nitriles is 1. The Morgan fingerprint density at radius 3 is 2.06 bits per heavy atom. The Hall–Kier alpha value is -2.21. The molecule has 0 radical (unpaired) electrons. The molecule has 0 amide bonds. The van der Waals surface area contributed by atoms with Crippen LogP contribution in [0.5, 0.6) is 0 Å². The normalized spacial score (nSPS) is 10.0. The first-order valence-electron chi connectivity index (χ1n) is 6.10.